The van der Waals surface area contributed by atoms with Gasteiger partial charge in [0.1, 0.15) is 0 Å². The van der Waals surface area contributed by atoms with Gasteiger partial charge in [0.05, 0.1) is 0 Å². The molecule has 0 saturated carbocycles. The van der Waals surface area contributed by atoms with Gasteiger partial charge < -0.3 is 15.6 Å². The molecule has 0 amide bonds. The summed E-state index contributed by atoms with van der Waals surface area (Å²) in [6, 6.07) is 13.2. The Hall–Kier alpha value is -2.27. The molecular weight excluding hydrogens is 328 g/mol. The summed E-state index contributed by atoms with van der Waals surface area (Å²) in [7, 11) is 1.82. The molecule has 3 N–H and O–H groups in total. The zero-order valence-electron chi connectivity index (χ0n) is 15.1. The van der Waals surface area contributed by atoms with Gasteiger partial charge in [-0.05, 0) is 44.0 Å². The molecular formula is C20H26N4S. The summed E-state index contributed by atoms with van der Waals surface area (Å²) >= 11 is 1.86. The highest BCUT2D eigenvalue weighted by Gasteiger charge is 2.08. The maximum absolute atomic E-state index is 4.35. The molecule has 3 rings (SSSR count). The summed E-state index contributed by atoms with van der Waals surface area (Å²) in [5.74, 6) is 0.862. The van der Waals surface area contributed by atoms with Gasteiger partial charge in [-0.3, -0.25) is 4.99 Å². The normalized spacial score (nSPS) is 13.2. The Morgan fingerprint density at radius 3 is 2.84 bits per heavy atom. The molecule has 4 nitrogen and oxygen atoms in total. The smallest absolute Gasteiger partial charge is 0.191 e. The number of fused-ring (bicyclic) bond motifs is 1. The minimum absolute atomic E-state index is 0.345. The molecule has 1 unspecified atom stereocenters. The Bertz CT molecular complexity index is 846. The lowest BCUT2D eigenvalue weighted by Gasteiger charge is -2.17. The van der Waals surface area contributed by atoms with Gasteiger partial charge in [-0.25, -0.2) is 0 Å². The van der Waals surface area contributed by atoms with Gasteiger partial charge in [-0.15, -0.1) is 11.3 Å². The summed E-state index contributed by atoms with van der Waals surface area (Å²) in [6.45, 7) is 5.20. The second kappa shape index (κ2) is 8.21. The molecule has 5 heteroatoms. The summed E-state index contributed by atoms with van der Waals surface area (Å²) in [5.41, 5.74) is 2.53. The molecule has 25 heavy (non-hydrogen) atoms. The number of aromatic amines is 1. The summed E-state index contributed by atoms with van der Waals surface area (Å²) in [6.07, 6.45) is 4.08. The van der Waals surface area contributed by atoms with E-state index in [1.165, 1.54) is 26.2 Å². The predicted octanol–water partition coefficient (Wildman–Crippen LogP) is 3.88. The van der Waals surface area contributed by atoms with E-state index < -0.39 is 0 Å². The van der Waals surface area contributed by atoms with Crippen LogP contribution in [-0.2, 0) is 12.8 Å². The number of aryl methyl sites for hydroxylation is 1. The molecule has 0 spiro atoms. The third-order valence-corrected chi connectivity index (χ3v) is 5.29. The molecule has 0 radical (unpaired) electrons. The van der Waals surface area contributed by atoms with E-state index in [0.717, 1.165) is 25.3 Å². The Morgan fingerprint density at radius 2 is 2.08 bits per heavy atom. The quantitative estimate of drug-likeness (QED) is 0.465. The number of H-pyrrole nitrogens is 1. The first-order valence-corrected chi connectivity index (χ1v) is 9.55. The van der Waals surface area contributed by atoms with E-state index in [0.29, 0.717) is 6.04 Å². The molecule has 0 saturated heterocycles. The van der Waals surface area contributed by atoms with E-state index in [1.807, 2.05) is 18.4 Å². The van der Waals surface area contributed by atoms with Crippen molar-refractivity contribution < 1.29 is 0 Å². The van der Waals surface area contributed by atoms with E-state index in [1.54, 1.807) is 0 Å². The highest BCUT2D eigenvalue weighted by molar-refractivity contribution is 7.11. The van der Waals surface area contributed by atoms with Gasteiger partial charge >= 0.3 is 0 Å². The Labute approximate surface area is 153 Å². The lowest BCUT2D eigenvalue weighted by molar-refractivity contribution is 0.645. The van der Waals surface area contributed by atoms with Crippen LogP contribution in [-0.4, -0.2) is 30.6 Å². The molecule has 0 aliphatic rings. The van der Waals surface area contributed by atoms with E-state index in [9.17, 15) is 0 Å². The zero-order valence-corrected chi connectivity index (χ0v) is 15.9. The Kier molecular flexibility index (Phi) is 5.76. The minimum Gasteiger partial charge on any atom is -0.361 e. The van der Waals surface area contributed by atoms with Crippen molar-refractivity contribution in [3.8, 4) is 0 Å². The SMILES string of the molecule is CN=C(NCCc1c[nH]c2ccccc12)NC(C)Cc1ccc(C)s1. The average Bonchev–Trinajstić information content (AvgIpc) is 3.20. The van der Waals surface area contributed by atoms with Crippen LogP contribution in [0.1, 0.15) is 22.2 Å². The third-order valence-electron chi connectivity index (χ3n) is 4.27. The fourth-order valence-corrected chi connectivity index (χ4v) is 4.05. The van der Waals surface area contributed by atoms with Crippen LogP contribution in [0.15, 0.2) is 47.6 Å². The molecule has 3 aromatic rings. The summed E-state index contributed by atoms with van der Waals surface area (Å²) < 4.78 is 0. The number of aromatic nitrogens is 1. The largest absolute Gasteiger partial charge is 0.361 e. The van der Waals surface area contributed by atoms with Gasteiger partial charge in [-0.1, -0.05) is 18.2 Å². The number of hydrogen-bond acceptors (Lipinski definition) is 2. The van der Waals surface area contributed by atoms with Crippen LogP contribution >= 0.6 is 11.3 Å². The van der Waals surface area contributed by atoms with Crippen LogP contribution in [0.25, 0.3) is 10.9 Å². The second-order valence-corrected chi connectivity index (χ2v) is 7.74. The number of hydrogen-bond donors (Lipinski definition) is 3. The number of para-hydroxylation sites is 1. The van der Waals surface area contributed by atoms with E-state index >= 15 is 0 Å². The lowest BCUT2D eigenvalue weighted by Crippen LogP contribution is -2.43. The number of nitrogens with one attached hydrogen (secondary N) is 3. The first-order valence-electron chi connectivity index (χ1n) is 8.73. The molecule has 0 bridgehead atoms. The van der Waals surface area contributed by atoms with Gasteiger partial charge in [0.15, 0.2) is 5.96 Å². The second-order valence-electron chi connectivity index (χ2n) is 6.37. The van der Waals surface area contributed by atoms with Crippen LogP contribution in [0.5, 0.6) is 0 Å². The summed E-state index contributed by atoms with van der Waals surface area (Å²) in [5, 5.41) is 8.20. The maximum Gasteiger partial charge on any atom is 0.191 e. The van der Waals surface area contributed by atoms with Crippen molar-refractivity contribution >= 4 is 28.2 Å². The summed E-state index contributed by atoms with van der Waals surface area (Å²) in [4.78, 5) is 10.4. The van der Waals surface area contributed by atoms with Crippen molar-refractivity contribution in [1.82, 2.24) is 15.6 Å². The topological polar surface area (TPSA) is 52.2 Å². The van der Waals surface area contributed by atoms with Crippen LogP contribution in [0.3, 0.4) is 0 Å². The van der Waals surface area contributed by atoms with Crippen molar-refractivity contribution in [2.24, 2.45) is 4.99 Å². The Balaban J connectivity index is 1.49. The molecule has 1 atom stereocenters. The molecule has 1 aromatic carbocycles. The van der Waals surface area contributed by atoms with Gasteiger partial charge in [0.25, 0.3) is 0 Å². The molecule has 0 fully saturated rings. The lowest BCUT2D eigenvalue weighted by atomic mass is 10.1. The van der Waals surface area contributed by atoms with Crippen LogP contribution in [0.2, 0.25) is 0 Å². The fourth-order valence-electron chi connectivity index (χ4n) is 3.03. The fraction of sp³-hybridized carbons (Fsp3) is 0.350. The molecule has 0 aliphatic heterocycles. The first kappa shape index (κ1) is 17.5. The van der Waals surface area contributed by atoms with E-state index in [4.69, 9.17) is 0 Å². The number of nitrogens with zero attached hydrogens (tertiary/aromatic N) is 1. The van der Waals surface area contributed by atoms with E-state index in [-0.39, 0.29) is 0 Å². The number of rotatable bonds is 6. The standard InChI is InChI=1S/C20H26N4S/c1-14(12-17-9-8-15(2)25-17)24-20(21-3)22-11-10-16-13-23-19-7-5-4-6-18(16)19/h4-9,13-14,23H,10-12H2,1-3H3,(H2,21,22,24). The van der Waals surface area contributed by atoms with Gasteiger partial charge in [0, 0.05) is 52.9 Å². The van der Waals surface area contributed by atoms with Crippen LogP contribution < -0.4 is 10.6 Å². The molecule has 2 aromatic heterocycles. The predicted molar refractivity (Wildman–Crippen MR) is 109 cm³/mol. The van der Waals surface area contributed by atoms with E-state index in [2.05, 4.69) is 77.1 Å². The van der Waals surface area contributed by atoms with Crippen molar-refractivity contribution in [3.63, 3.8) is 0 Å². The Morgan fingerprint density at radius 1 is 1.24 bits per heavy atom. The highest BCUT2D eigenvalue weighted by Crippen LogP contribution is 2.18. The van der Waals surface area contributed by atoms with Gasteiger partial charge in [0.2, 0.25) is 0 Å². The molecule has 0 aliphatic carbocycles. The van der Waals surface area contributed by atoms with Gasteiger partial charge in [-0.2, -0.15) is 0 Å². The third kappa shape index (κ3) is 4.63. The highest BCUT2D eigenvalue weighted by atomic mass is 32.1. The molecule has 2 heterocycles. The average molecular weight is 355 g/mol. The minimum atomic E-state index is 0.345. The van der Waals surface area contributed by atoms with Crippen LogP contribution in [0.4, 0.5) is 0 Å². The zero-order chi connectivity index (χ0) is 17.6. The van der Waals surface area contributed by atoms with Crippen molar-refractivity contribution in [3.05, 3.63) is 57.9 Å². The first-order chi connectivity index (χ1) is 12.2. The number of benzene rings is 1. The van der Waals surface area contributed by atoms with Crippen molar-refractivity contribution in [2.45, 2.75) is 32.7 Å². The van der Waals surface area contributed by atoms with Crippen LogP contribution in [0, 0.1) is 6.92 Å². The number of aliphatic imine (C=N–C) groups is 1. The molecule has 132 valence electrons. The monoisotopic (exact) mass is 354 g/mol. The van der Waals surface area contributed by atoms with Crippen molar-refractivity contribution in [1.29, 1.82) is 0 Å². The maximum atomic E-state index is 4.35. The number of thiophene rings is 1. The number of guanidine groups is 1. The van der Waals surface area contributed by atoms with Crippen molar-refractivity contribution in [2.75, 3.05) is 13.6 Å².